The molecule has 2 fully saturated rings. The van der Waals surface area contributed by atoms with Crippen molar-refractivity contribution in [1.29, 1.82) is 0 Å². The number of rotatable bonds is 59. The highest BCUT2D eigenvalue weighted by molar-refractivity contribution is 5.66. The van der Waals surface area contributed by atoms with Crippen molar-refractivity contribution in [3.05, 3.63) is 215 Å². The van der Waals surface area contributed by atoms with Crippen LogP contribution in [0.25, 0.3) is 0 Å². The highest BCUT2D eigenvalue weighted by Gasteiger charge is 2.56. The fraction of sp³-hybridized carbons (Fsp3) is 0.626. The Hall–Kier alpha value is -5.69. The lowest BCUT2D eigenvalue weighted by molar-refractivity contribution is -0.381. The van der Waals surface area contributed by atoms with E-state index in [1.54, 1.807) is 0 Å². The van der Waals surface area contributed by atoms with Crippen molar-refractivity contribution in [3.8, 4) is 0 Å². The Morgan fingerprint density at radius 1 is 0.310 bits per heavy atom. The lowest BCUT2D eigenvalue weighted by atomic mass is 9.91. The molecule has 626 valence electrons. The monoisotopic (exact) mass is 1560 g/mol. The van der Waals surface area contributed by atoms with E-state index in [2.05, 4.69) is 69.2 Å². The Balaban J connectivity index is 1.09. The molecule has 2 saturated heterocycles. The molecule has 0 aliphatic carbocycles. The van der Waals surface area contributed by atoms with E-state index in [1.807, 2.05) is 182 Å². The number of carbonyl (C=O) groups is 1. The first-order valence-electron chi connectivity index (χ1n) is 43.8. The van der Waals surface area contributed by atoms with Gasteiger partial charge in [0.1, 0.15) is 48.8 Å². The first-order chi connectivity index (χ1) is 55.0. The van der Waals surface area contributed by atoms with Gasteiger partial charge in [0.2, 0.25) is 0 Å². The average Bonchev–Trinajstić information content (AvgIpc) is 0.766. The Morgan fingerprint density at radius 2 is 0.611 bits per heavy atom. The number of benzene rings is 6. The van der Waals surface area contributed by atoms with Gasteiger partial charge >= 0.3 is 5.97 Å². The molecule has 6 aromatic rings. The fourth-order valence-electron chi connectivity index (χ4n) is 15.6. The van der Waals surface area contributed by atoms with Crippen molar-refractivity contribution in [3.63, 3.8) is 0 Å². The van der Waals surface area contributed by atoms with E-state index in [1.165, 1.54) is 116 Å². The fourth-order valence-corrected chi connectivity index (χ4v) is 15.6. The minimum absolute atomic E-state index is 0.0518. The maximum atomic E-state index is 14.0. The number of hydrogen-bond acceptors (Lipinski definition) is 14. The minimum atomic E-state index is -1.36. The van der Waals surface area contributed by atoms with Crippen LogP contribution in [0.1, 0.15) is 238 Å². The topological polar surface area (TPSA) is 137 Å². The molecule has 14 heteroatoms. The molecule has 14 nitrogen and oxygen atoms in total. The zero-order chi connectivity index (χ0) is 80.0. The van der Waals surface area contributed by atoms with Gasteiger partial charge in [-0.25, -0.2) is 0 Å². The Kier molecular flexibility index (Phi) is 44.6. The number of hydrogen-bond donors (Lipinski definition) is 0. The summed E-state index contributed by atoms with van der Waals surface area (Å²) in [5.74, 6) is 5.01. The first kappa shape index (κ1) is 92.8. The van der Waals surface area contributed by atoms with Crippen molar-refractivity contribution >= 4 is 5.97 Å². The molecule has 0 spiro atoms. The second-order valence-corrected chi connectivity index (χ2v) is 34.3. The summed E-state index contributed by atoms with van der Waals surface area (Å²) in [6.07, 6.45) is 14.3. The summed E-state index contributed by atoms with van der Waals surface area (Å²) in [7, 11) is 0. The summed E-state index contributed by atoms with van der Waals surface area (Å²) in [6, 6.07) is 60.2. The first-order valence-corrected chi connectivity index (χ1v) is 43.8. The van der Waals surface area contributed by atoms with Gasteiger partial charge in [-0.1, -0.05) is 367 Å². The summed E-state index contributed by atoms with van der Waals surface area (Å²) in [5, 5.41) is 0. The second kappa shape index (κ2) is 54.3. The Labute approximate surface area is 682 Å². The summed E-state index contributed by atoms with van der Waals surface area (Å²) in [6.45, 7) is 28.2. The largest absolute Gasteiger partial charge is 0.454 e. The number of carbonyl (C=O) groups excluding carboxylic acids is 1. The van der Waals surface area contributed by atoms with Crippen LogP contribution in [0.15, 0.2) is 182 Å². The van der Waals surface area contributed by atoms with Gasteiger partial charge in [-0.15, -0.1) is 0 Å². The SMILES string of the molecule is CC(=O)O[C@@H]1[C@@H](O[C@@H]2[C@@H](OC[C@@H](COCC[C@H](C)CCC[C@H](C)CCC[C@H](C)CCCC(C)C)OCC[C@H](C)CCC[C@H](C)CCC[C@H](C)CCCC(C)C)O[C@H](COCc3ccccc3)[C@@H](OCc3ccccc3)[C@@H]2OCc2ccccc2)O[C@H](COCc2ccccc2)[C@@H](OCc2ccccc2)[C@@H]1OCc1ccccc1. The van der Waals surface area contributed by atoms with E-state index in [9.17, 15) is 4.79 Å². The zero-order valence-electron chi connectivity index (χ0n) is 71.1. The van der Waals surface area contributed by atoms with Crippen LogP contribution in [-0.2, 0) is 106 Å². The van der Waals surface area contributed by atoms with Gasteiger partial charge in [-0.05, 0) is 93.6 Å². The second-order valence-electron chi connectivity index (χ2n) is 34.3. The lowest BCUT2D eigenvalue weighted by Gasteiger charge is -2.50. The van der Waals surface area contributed by atoms with Crippen molar-refractivity contribution in [2.24, 2.45) is 47.3 Å². The molecule has 0 unspecified atom stereocenters. The molecule has 113 heavy (non-hydrogen) atoms. The summed E-state index contributed by atoms with van der Waals surface area (Å²) >= 11 is 0. The summed E-state index contributed by atoms with van der Waals surface area (Å²) in [4.78, 5) is 14.0. The molecule has 0 N–H and O–H groups in total. The van der Waals surface area contributed by atoms with Gasteiger partial charge in [0, 0.05) is 20.1 Å². The van der Waals surface area contributed by atoms with Gasteiger partial charge in [0.25, 0.3) is 0 Å². The van der Waals surface area contributed by atoms with Crippen LogP contribution in [0.5, 0.6) is 0 Å². The third-order valence-electron chi connectivity index (χ3n) is 22.7. The van der Waals surface area contributed by atoms with Gasteiger partial charge in [0.15, 0.2) is 18.7 Å². The van der Waals surface area contributed by atoms with Crippen molar-refractivity contribution < 1.29 is 66.4 Å². The van der Waals surface area contributed by atoms with E-state index in [0.717, 1.165) is 82.2 Å². The van der Waals surface area contributed by atoms with Crippen molar-refractivity contribution in [1.82, 2.24) is 0 Å². The van der Waals surface area contributed by atoms with Crippen LogP contribution in [0.3, 0.4) is 0 Å². The molecule has 2 aliphatic heterocycles. The molecule has 6 aromatic carbocycles. The molecule has 0 aromatic heterocycles. The molecule has 8 rings (SSSR count). The number of esters is 1. The zero-order valence-corrected chi connectivity index (χ0v) is 71.1. The van der Waals surface area contributed by atoms with E-state index in [4.69, 9.17) is 61.6 Å². The van der Waals surface area contributed by atoms with Crippen molar-refractivity contribution in [2.45, 2.75) is 312 Å². The third-order valence-corrected chi connectivity index (χ3v) is 22.7. The normalized spacial score (nSPS) is 21.9. The predicted octanol–water partition coefficient (Wildman–Crippen LogP) is 22.9. The molecule has 0 amide bonds. The van der Waals surface area contributed by atoms with E-state index < -0.39 is 73.5 Å². The smallest absolute Gasteiger partial charge is 0.303 e. The van der Waals surface area contributed by atoms with Crippen LogP contribution in [0.4, 0.5) is 0 Å². The molecule has 2 heterocycles. The van der Waals surface area contributed by atoms with Crippen molar-refractivity contribution in [2.75, 3.05) is 39.6 Å². The molecule has 0 bridgehead atoms. The van der Waals surface area contributed by atoms with Crippen LogP contribution in [-0.4, -0.2) is 113 Å². The molecule has 0 radical (unpaired) electrons. The highest BCUT2D eigenvalue weighted by atomic mass is 16.8. The van der Waals surface area contributed by atoms with E-state index in [-0.39, 0.29) is 52.9 Å². The van der Waals surface area contributed by atoms with Gasteiger partial charge in [-0.3, -0.25) is 4.79 Å². The molecule has 2 aliphatic rings. The molecular formula is C99H146O14. The van der Waals surface area contributed by atoms with E-state index >= 15 is 0 Å². The number of ether oxygens (including phenoxy) is 13. The standard InChI is InChI=1S/C99H146O14/c1-74(2)36-30-38-76(5)40-32-42-78(7)44-34-46-80(9)60-62-101-70-89(104-63-61-81(10)47-35-45-79(8)43-33-41-77(6)39-31-37-75(3)4)71-109-98-96(94(107-68-87-56-26-16-27-57-87)92(105-66-85-52-22-14-23-53-85)90(111-98)72-102-64-83-48-18-12-19-49-83)113-99-97(110-82(11)100)95(108-69-88-58-28-17-29-59-88)93(106-67-86-54-24-15-25-55-86)91(112-99)73-103-65-84-50-20-13-21-51-84/h12-29,48-59,74-81,89-99H,30-47,60-73H2,1-11H3/t76-,77-,78-,79-,80-,81-,89-,90-,91-,92-,93-,94+,95+,96+,97+,98+,99-/m1/s1. The summed E-state index contributed by atoms with van der Waals surface area (Å²) in [5.41, 5.74) is 5.72. The van der Waals surface area contributed by atoms with Gasteiger partial charge in [-0.2, -0.15) is 0 Å². The van der Waals surface area contributed by atoms with Gasteiger partial charge in [0.05, 0.1) is 66.1 Å². The average molecular weight is 1560 g/mol. The Morgan fingerprint density at radius 3 is 0.956 bits per heavy atom. The maximum Gasteiger partial charge on any atom is 0.303 e. The molecular weight excluding hydrogens is 1410 g/mol. The van der Waals surface area contributed by atoms with Crippen LogP contribution in [0, 0.1) is 47.3 Å². The van der Waals surface area contributed by atoms with E-state index in [0.29, 0.717) is 44.2 Å². The maximum absolute atomic E-state index is 14.0. The predicted molar refractivity (Wildman–Crippen MR) is 454 cm³/mol. The molecule has 0 saturated carbocycles. The molecule has 17 atom stereocenters. The third kappa shape index (κ3) is 37.2. The van der Waals surface area contributed by atoms with Crippen LogP contribution < -0.4 is 0 Å². The Bertz CT molecular complexity index is 3310. The summed E-state index contributed by atoms with van der Waals surface area (Å²) < 4.78 is 92.1. The minimum Gasteiger partial charge on any atom is -0.454 e. The van der Waals surface area contributed by atoms with Gasteiger partial charge < -0.3 is 61.6 Å². The highest BCUT2D eigenvalue weighted by Crippen LogP contribution is 2.38. The quantitative estimate of drug-likeness (QED) is 0.0264. The lowest BCUT2D eigenvalue weighted by Crippen LogP contribution is -2.66. The van der Waals surface area contributed by atoms with Crippen LogP contribution >= 0.6 is 0 Å². The van der Waals surface area contributed by atoms with Crippen LogP contribution in [0.2, 0.25) is 0 Å².